The van der Waals surface area contributed by atoms with Crippen LogP contribution < -0.4 is 11.0 Å². The average molecular weight is 423 g/mol. The second kappa shape index (κ2) is 8.02. The summed E-state index contributed by atoms with van der Waals surface area (Å²) in [5.74, 6) is -0.172. The molecule has 5 rings (SSSR count). The first kappa shape index (κ1) is 19.0. The van der Waals surface area contributed by atoms with Gasteiger partial charge in [0.25, 0.3) is 5.91 Å². The van der Waals surface area contributed by atoms with E-state index in [-0.39, 0.29) is 11.6 Å². The number of pyridine rings is 1. The summed E-state index contributed by atoms with van der Waals surface area (Å²) in [5.41, 5.74) is 3.34. The van der Waals surface area contributed by atoms with Gasteiger partial charge in [-0.25, -0.2) is 14.3 Å². The molecule has 0 unspecified atom stereocenters. The summed E-state index contributed by atoms with van der Waals surface area (Å²) in [6, 6.07) is 9.51. The van der Waals surface area contributed by atoms with Crippen molar-refractivity contribution in [2.24, 2.45) is 0 Å². The van der Waals surface area contributed by atoms with E-state index in [1.807, 2.05) is 29.6 Å². The number of nitrogens with one attached hydrogen (secondary N) is 2. The van der Waals surface area contributed by atoms with Crippen LogP contribution in [-0.4, -0.2) is 64.8 Å². The molecule has 4 heterocycles. The molecule has 154 valence electrons. The first-order valence-corrected chi connectivity index (χ1v) is 10.8. The number of hydrogen-bond donors (Lipinski definition) is 2. The predicted molar refractivity (Wildman–Crippen MR) is 116 cm³/mol. The molecule has 1 aliphatic heterocycles. The van der Waals surface area contributed by atoms with Crippen LogP contribution >= 0.6 is 11.3 Å². The Balaban J connectivity index is 1.49. The van der Waals surface area contributed by atoms with Gasteiger partial charge in [0.1, 0.15) is 0 Å². The molecule has 8 nitrogen and oxygen atoms in total. The lowest BCUT2D eigenvalue weighted by Gasteiger charge is -2.26. The molecule has 1 aliphatic rings. The topological polar surface area (TPSA) is 91.7 Å². The van der Waals surface area contributed by atoms with Gasteiger partial charge in [-0.1, -0.05) is 12.1 Å². The lowest BCUT2D eigenvalue weighted by molar-refractivity contribution is 0.0383. The normalized spacial score (nSPS) is 15.1. The number of hydrogen-bond acceptors (Lipinski definition) is 6. The Morgan fingerprint density at radius 3 is 2.87 bits per heavy atom. The molecule has 1 aromatic carbocycles. The maximum atomic E-state index is 13.0. The Labute approximate surface area is 176 Å². The van der Waals surface area contributed by atoms with Gasteiger partial charge in [-0.3, -0.25) is 9.69 Å². The van der Waals surface area contributed by atoms with Crippen molar-refractivity contribution in [3.63, 3.8) is 0 Å². The Morgan fingerprint density at radius 1 is 1.20 bits per heavy atom. The smallest absolute Gasteiger partial charge is 0.348 e. The highest BCUT2D eigenvalue weighted by molar-refractivity contribution is 7.08. The third-order valence-corrected chi connectivity index (χ3v) is 6.10. The van der Waals surface area contributed by atoms with Crippen LogP contribution in [0.2, 0.25) is 0 Å². The number of aromatic amines is 1. The minimum atomic E-state index is -0.322. The van der Waals surface area contributed by atoms with Crippen molar-refractivity contribution >= 4 is 33.8 Å². The fourth-order valence-corrected chi connectivity index (χ4v) is 4.50. The van der Waals surface area contributed by atoms with E-state index in [2.05, 4.69) is 25.8 Å². The van der Waals surface area contributed by atoms with E-state index >= 15 is 0 Å². The number of aromatic nitrogens is 3. The minimum absolute atomic E-state index is 0.172. The zero-order valence-electron chi connectivity index (χ0n) is 16.3. The predicted octanol–water partition coefficient (Wildman–Crippen LogP) is 1.97. The van der Waals surface area contributed by atoms with Crippen LogP contribution in [0.1, 0.15) is 10.4 Å². The molecule has 30 heavy (non-hydrogen) atoms. The number of carbonyl (C=O) groups excluding carboxylic acids is 1. The maximum Gasteiger partial charge on any atom is 0.348 e. The summed E-state index contributed by atoms with van der Waals surface area (Å²) >= 11 is 1.61. The Morgan fingerprint density at radius 2 is 2.07 bits per heavy atom. The second-order valence-corrected chi connectivity index (χ2v) is 8.01. The monoisotopic (exact) mass is 423 g/mol. The van der Waals surface area contributed by atoms with E-state index in [0.717, 1.165) is 44.0 Å². The van der Waals surface area contributed by atoms with E-state index in [0.29, 0.717) is 28.7 Å². The molecule has 9 heteroatoms. The molecule has 0 atom stereocenters. The maximum absolute atomic E-state index is 13.0. The van der Waals surface area contributed by atoms with Gasteiger partial charge in [0, 0.05) is 31.6 Å². The zero-order valence-corrected chi connectivity index (χ0v) is 17.1. The number of benzene rings is 1. The molecule has 2 N–H and O–H groups in total. The van der Waals surface area contributed by atoms with E-state index < -0.39 is 0 Å². The number of thiophene rings is 1. The van der Waals surface area contributed by atoms with Crippen LogP contribution in [0.3, 0.4) is 0 Å². The molecular weight excluding hydrogens is 402 g/mol. The van der Waals surface area contributed by atoms with Gasteiger partial charge in [-0.2, -0.15) is 16.4 Å². The van der Waals surface area contributed by atoms with Crippen LogP contribution in [0.15, 0.2) is 45.9 Å². The van der Waals surface area contributed by atoms with Crippen molar-refractivity contribution < 1.29 is 9.53 Å². The van der Waals surface area contributed by atoms with Crippen molar-refractivity contribution in [3.8, 4) is 11.1 Å². The summed E-state index contributed by atoms with van der Waals surface area (Å²) in [4.78, 5) is 27.6. The number of H-pyrrole nitrogens is 1. The molecule has 4 aromatic rings. The van der Waals surface area contributed by atoms with Gasteiger partial charge >= 0.3 is 5.69 Å². The van der Waals surface area contributed by atoms with Crippen molar-refractivity contribution in [2.45, 2.75) is 0 Å². The van der Waals surface area contributed by atoms with Gasteiger partial charge in [0.2, 0.25) is 0 Å². The van der Waals surface area contributed by atoms with E-state index in [9.17, 15) is 9.59 Å². The minimum Gasteiger partial charge on any atom is -0.379 e. The molecule has 1 saturated heterocycles. The van der Waals surface area contributed by atoms with E-state index in [4.69, 9.17) is 4.74 Å². The molecule has 0 aliphatic carbocycles. The van der Waals surface area contributed by atoms with Gasteiger partial charge in [0.15, 0.2) is 5.65 Å². The standard InChI is InChI=1S/C21H21N5O3S/c27-20(22-4-5-25-6-8-29-9-7-25)17-12-19-23-24-21(28)26(19)18-11-14(1-2-16(17)18)15-3-10-30-13-15/h1-3,10-13H,4-9H2,(H,22,27)(H,24,28). The van der Waals surface area contributed by atoms with Crippen LogP contribution in [0.5, 0.6) is 0 Å². The lowest BCUT2D eigenvalue weighted by atomic mass is 10.0. The van der Waals surface area contributed by atoms with E-state index in [1.165, 1.54) is 4.40 Å². The third-order valence-electron chi connectivity index (χ3n) is 5.42. The highest BCUT2D eigenvalue weighted by Gasteiger charge is 2.17. The molecule has 0 saturated carbocycles. The fourth-order valence-electron chi connectivity index (χ4n) is 3.83. The molecule has 0 radical (unpaired) electrons. The second-order valence-electron chi connectivity index (χ2n) is 7.23. The first-order chi connectivity index (χ1) is 14.7. The number of fused-ring (bicyclic) bond motifs is 3. The molecule has 1 amide bonds. The lowest BCUT2D eigenvalue weighted by Crippen LogP contribution is -2.41. The Kier molecular flexibility index (Phi) is 5.07. The number of morpholine rings is 1. The molecule has 0 spiro atoms. The highest BCUT2D eigenvalue weighted by Crippen LogP contribution is 2.28. The van der Waals surface area contributed by atoms with Crippen LogP contribution in [-0.2, 0) is 4.74 Å². The molecule has 1 fully saturated rings. The summed E-state index contributed by atoms with van der Waals surface area (Å²) in [5, 5.41) is 14.4. The van der Waals surface area contributed by atoms with Gasteiger partial charge in [-0.15, -0.1) is 0 Å². The quantitative estimate of drug-likeness (QED) is 0.512. The van der Waals surface area contributed by atoms with Crippen LogP contribution in [0.25, 0.3) is 27.7 Å². The largest absolute Gasteiger partial charge is 0.379 e. The fraction of sp³-hybridized carbons (Fsp3) is 0.286. The summed E-state index contributed by atoms with van der Waals surface area (Å²) < 4.78 is 6.87. The Hall–Kier alpha value is -3.01. The van der Waals surface area contributed by atoms with Crippen molar-refractivity contribution in [1.82, 2.24) is 24.8 Å². The van der Waals surface area contributed by atoms with Gasteiger partial charge in [-0.05, 0) is 40.1 Å². The molecule has 0 bridgehead atoms. The zero-order chi connectivity index (χ0) is 20.5. The summed E-state index contributed by atoms with van der Waals surface area (Å²) in [6.07, 6.45) is 0. The SMILES string of the molecule is O=C(NCCN1CCOCC1)c1cc2n[nH]c(=O)n2c2cc(-c3ccsc3)ccc12. The van der Waals surface area contributed by atoms with Crippen molar-refractivity contribution in [3.05, 3.63) is 57.1 Å². The van der Waals surface area contributed by atoms with Gasteiger partial charge in [0.05, 0.1) is 24.3 Å². The highest BCUT2D eigenvalue weighted by atomic mass is 32.1. The number of ether oxygens (including phenoxy) is 1. The molecular formula is C21H21N5O3S. The van der Waals surface area contributed by atoms with E-state index in [1.54, 1.807) is 17.4 Å². The summed E-state index contributed by atoms with van der Waals surface area (Å²) in [6.45, 7) is 4.55. The number of rotatable bonds is 5. The third kappa shape index (κ3) is 3.51. The number of amides is 1. The number of nitrogens with zero attached hydrogens (tertiary/aromatic N) is 3. The van der Waals surface area contributed by atoms with Crippen molar-refractivity contribution in [1.29, 1.82) is 0 Å². The van der Waals surface area contributed by atoms with Crippen LogP contribution in [0.4, 0.5) is 0 Å². The van der Waals surface area contributed by atoms with Crippen LogP contribution in [0, 0.1) is 0 Å². The molecule has 3 aromatic heterocycles. The van der Waals surface area contributed by atoms with Crippen molar-refractivity contribution in [2.75, 3.05) is 39.4 Å². The van der Waals surface area contributed by atoms with Gasteiger partial charge < -0.3 is 10.1 Å². The number of carbonyl (C=O) groups is 1. The Bertz CT molecular complexity index is 1260. The first-order valence-electron chi connectivity index (χ1n) is 9.85. The average Bonchev–Trinajstić information content (AvgIpc) is 3.44. The summed E-state index contributed by atoms with van der Waals surface area (Å²) in [7, 11) is 0.